The maximum atomic E-state index is 13.3. The van der Waals surface area contributed by atoms with Crippen LogP contribution in [0.5, 0.6) is 23.0 Å². The molecule has 0 aromatic heterocycles. The van der Waals surface area contributed by atoms with Gasteiger partial charge >= 0.3 is 37.7 Å². The summed E-state index contributed by atoms with van der Waals surface area (Å²) in [6.45, 7) is 7.52. The molecule has 0 saturated heterocycles. The minimum atomic E-state index is -4.95. The Labute approximate surface area is 470 Å². The van der Waals surface area contributed by atoms with Crippen LogP contribution in [0, 0.1) is 13.8 Å². The first-order valence-corrected chi connectivity index (χ1v) is 25.7. The molecule has 0 atom stereocenters. The second-order valence-corrected chi connectivity index (χ2v) is 19.3. The maximum Gasteiger partial charge on any atom is 2.00 e. The van der Waals surface area contributed by atoms with Gasteiger partial charge in [0.1, 0.15) is 43.6 Å². The molecule has 0 spiro atoms. The molecule has 8 rings (SSSR count). The molecule has 2 amide bonds. The van der Waals surface area contributed by atoms with E-state index in [0.717, 1.165) is 0 Å². The van der Waals surface area contributed by atoms with E-state index in [4.69, 9.17) is 32.7 Å². The first kappa shape index (κ1) is 57.6. The van der Waals surface area contributed by atoms with Gasteiger partial charge in [-0.25, -0.2) is 8.42 Å². The molecule has 0 bridgehead atoms. The zero-order valence-corrected chi connectivity index (χ0v) is 45.5. The van der Waals surface area contributed by atoms with Crippen molar-refractivity contribution in [1.82, 2.24) is 0 Å². The van der Waals surface area contributed by atoms with Gasteiger partial charge in [0.2, 0.25) is 0 Å². The zero-order chi connectivity index (χ0) is 53.5. The van der Waals surface area contributed by atoms with Gasteiger partial charge in [0.05, 0.1) is 29.4 Å². The van der Waals surface area contributed by atoms with Crippen molar-refractivity contribution in [2.45, 2.75) is 37.5 Å². The Balaban J connectivity index is 0.000000241. The molecule has 0 aliphatic heterocycles. The smallest absolute Gasteiger partial charge is 0.870 e. The predicted molar refractivity (Wildman–Crippen MR) is 284 cm³/mol. The second-order valence-electron chi connectivity index (χ2n) is 15.9. The second kappa shape index (κ2) is 24.7. The van der Waals surface area contributed by atoms with Crippen LogP contribution in [-0.4, -0.2) is 93.8 Å². The Morgan fingerprint density at radius 3 is 1.48 bits per heavy atom. The third kappa shape index (κ3) is 13.6. The molecule has 75 heavy (non-hydrogen) atoms. The molecule has 0 fully saturated rings. The SMILES string of the molecule is CCOc1ccc(NC(=O)c2cc3ccccc3c(N=Nc3ccc(Cl)c(C)c3S(=O)(=O)O)c2O)cc1.CCOc1ccc(NC(=O)c2cc3ccccc3c(N=Nc3ccc(Cl)c(C)c3S(=O)(=O)[O-])c2[O-])cc1.[Ca+2]. The molecule has 0 aliphatic rings. The van der Waals surface area contributed by atoms with E-state index in [2.05, 4.69) is 31.1 Å². The number of anilines is 2. The fraction of sp³-hybridized carbons (Fsp3) is 0.115. The van der Waals surface area contributed by atoms with E-state index in [1.807, 2.05) is 13.8 Å². The van der Waals surface area contributed by atoms with Gasteiger partial charge in [-0.2, -0.15) is 13.5 Å². The van der Waals surface area contributed by atoms with Crippen molar-refractivity contribution >= 4 is 149 Å². The summed E-state index contributed by atoms with van der Waals surface area (Å²) in [5.74, 6) is -1.15. The van der Waals surface area contributed by atoms with Crippen LogP contribution in [0.2, 0.25) is 10.0 Å². The van der Waals surface area contributed by atoms with E-state index in [0.29, 0.717) is 57.6 Å². The van der Waals surface area contributed by atoms with Crippen LogP contribution in [0.3, 0.4) is 0 Å². The monoisotopic (exact) mass is 1120 g/mol. The predicted octanol–water partition coefficient (Wildman–Crippen LogP) is 12.3. The maximum absolute atomic E-state index is 13.3. The molecule has 0 saturated carbocycles. The van der Waals surface area contributed by atoms with Gasteiger partial charge in [0, 0.05) is 37.8 Å². The summed E-state index contributed by atoms with van der Waals surface area (Å²) >= 11 is 12.0. The number of benzene rings is 8. The Kier molecular flexibility index (Phi) is 19.0. The van der Waals surface area contributed by atoms with Crippen LogP contribution < -0.4 is 25.2 Å². The summed E-state index contributed by atoms with van der Waals surface area (Å²) in [6.07, 6.45) is 0. The Morgan fingerprint density at radius 1 is 0.600 bits per heavy atom. The Hall–Kier alpha value is -6.72. The minimum Gasteiger partial charge on any atom is -0.870 e. The Bertz CT molecular complexity index is 3530. The number of rotatable bonds is 14. The summed E-state index contributed by atoms with van der Waals surface area (Å²) < 4.78 is 80.0. The van der Waals surface area contributed by atoms with Crippen LogP contribution in [0.4, 0.5) is 34.1 Å². The van der Waals surface area contributed by atoms with Crippen molar-refractivity contribution in [3.8, 4) is 23.0 Å². The largest absolute Gasteiger partial charge is 2.00 e. The fourth-order valence-corrected chi connectivity index (χ4v) is 9.63. The van der Waals surface area contributed by atoms with Crippen molar-refractivity contribution in [2.24, 2.45) is 20.5 Å². The molecule has 0 heterocycles. The van der Waals surface area contributed by atoms with Gasteiger partial charge in [-0.3, -0.25) is 14.1 Å². The third-order valence-electron chi connectivity index (χ3n) is 11.0. The van der Waals surface area contributed by atoms with Crippen LogP contribution in [0.1, 0.15) is 45.7 Å². The van der Waals surface area contributed by atoms with Crippen LogP contribution in [0.15, 0.2) is 164 Å². The average Bonchev–Trinajstić information content (AvgIpc) is 3.36. The number of phenols is 1. The van der Waals surface area contributed by atoms with Crippen molar-refractivity contribution in [3.05, 3.63) is 166 Å². The molecule has 23 heteroatoms. The number of nitrogens with one attached hydrogen (secondary N) is 2. The van der Waals surface area contributed by atoms with Crippen LogP contribution >= 0.6 is 23.2 Å². The van der Waals surface area contributed by atoms with Gasteiger partial charge in [0.25, 0.3) is 21.9 Å². The zero-order valence-electron chi connectivity index (χ0n) is 40.2. The first-order chi connectivity index (χ1) is 35.2. The molecule has 4 N–H and O–H groups in total. The number of fused-ring (bicyclic) bond motifs is 2. The van der Waals surface area contributed by atoms with E-state index in [9.17, 15) is 45.7 Å². The van der Waals surface area contributed by atoms with E-state index >= 15 is 0 Å². The van der Waals surface area contributed by atoms with Crippen LogP contribution in [0.25, 0.3) is 21.5 Å². The Morgan fingerprint density at radius 2 is 1.01 bits per heavy atom. The van der Waals surface area contributed by atoms with E-state index in [1.54, 1.807) is 97.1 Å². The number of carbonyl (C=O) groups excluding carboxylic acids is 2. The van der Waals surface area contributed by atoms with Crippen molar-refractivity contribution in [3.63, 3.8) is 0 Å². The summed E-state index contributed by atoms with van der Waals surface area (Å²) in [7, 11) is -9.63. The number of hydrogen-bond donors (Lipinski definition) is 4. The van der Waals surface area contributed by atoms with Gasteiger partial charge in [-0.15, -0.1) is 15.3 Å². The number of carbonyl (C=O) groups is 2. The topological polar surface area (TPSA) is 281 Å². The molecule has 18 nitrogen and oxygen atoms in total. The van der Waals surface area contributed by atoms with E-state index in [-0.39, 0.29) is 92.8 Å². The summed E-state index contributed by atoms with van der Waals surface area (Å²) in [6, 6.07) is 35.3. The molecular formula is C52H42CaCl2N6O12S2. The van der Waals surface area contributed by atoms with E-state index in [1.165, 1.54) is 50.2 Å². The number of nitrogens with zero attached hydrogens (tertiary/aromatic N) is 4. The van der Waals surface area contributed by atoms with Gasteiger partial charge in [0.15, 0.2) is 5.75 Å². The van der Waals surface area contributed by atoms with Gasteiger partial charge in [-0.05, 0) is 135 Å². The average molecular weight is 1120 g/mol. The minimum absolute atomic E-state index is 0. The van der Waals surface area contributed by atoms with Gasteiger partial charge in [-0.1, -0.05) is 77.5 Å². The standard InChI is InChI=1S/2C26H22ClN3O6S.Ca/c2*1-3-36-18-10-8-17(9-11-18)28-26(32)20-14-16-6-4-5-7-19(16)23(24(20)31)30-29-22-13-12-21(27)15(2)25(22)37(33,34)35;/h2*4-14,31H,3H2,1-2H3,(H,28,32)(H,33,34,35);/q;;+2/p-2. The molecule has 380 valence electrons. The first-order valence-electron chi connectivity index (χ1n) is 22.1. The number of azo groups is 2. The van der Waals surface area contributed by atoms with Crippen molar-refractivity contribution < 1.29 is 55.2 Å². The number of phenolic OH excluding ortho intramolecular Hbond substituents is 1. The fourth-order valence-electron chi connectivity index (χ4n) is 7.48. The molecule has 0 unspecified atom stereocenters. The molecule has 0 radical (unpaired) electrons. The van der Waals surface area contributed by atoms with E-state index < -0.39 is 53.3 Å². The summed E-state index contributed by atoms with van der Waals surface area (Å²) in [4.78, 5) is 25.0. The number of amides is 2. The van der Waals surface area contributed by atoms with Gasteiger partial charge < -0.3 is 34.9 Å². The number of ether oxygens (including phenoxy) is 2. The summed E-state index contributed by atoms with van der Waals surface area (Å²) in [5.41, 5.74) is 0.100. The molecule has 8 aromatic carbocycles. The summed E-state index contributed by atoms with van der Waals surface area (Å²) in [5, 5.41) is 47.9. The normalized spacial score (nSPS) is 11.5. The number of hydrogen-bond acceptors (Lipinski definition) is 15. The van der Waals surface area contributed by atoms with Crippen molar-refractivity contribution in [1.29, 1.82) is 0 Å². The number of aromatic hydroxyl groups is 1. The molecular weight excluding hydrogens is 1080 g/mol. The van der Waals surface area contributed by atoms with Crippen LogP contribution in [-0.2, 0) is 20.2 Å². The quantitative estimate of drug-likeness (QED) is 0.0449. The number of halogens is 2. The molecule has 0 aliphatic carbocycles. The third-order valence-corrected chi connectivity index (χ3v) is 13.8. The van der Waals surface area contributed by atoms with Crippen molar-refractivity contribution in [2.75, 3.05) is 23.8 Å². The molecule has 8 aromatic rings.